The smallest absolute Gasteiger partial charge is 0.325 e. The van der Waals surface area contributed by atoms with Crippen molar-refractivity contribution in [1.29, 1.82) is 0 Å². The maximum absolute atomic E-state index is 11.7. The third kappa shape index (κ3) is 2.59. The number of hydrogen-bond acceptors (Lipinski definition) is 5. The second-order valence-electron chi connectivity index (χ2n) is 3.17. The molecule has 1 heterocycles. The summed E-state index contributed by atoms with van der Waals surface area (Å²) in [6.07, 6.45) is 0.596. The number of aryl methyl sites for hydroxylation is 2. The molecule has 1 aromatic heterocycles. The summed E-state index contributed by atoms with van der Waals surface area (Å²) in [6.45, 7) is 3.36. The van der Waals surface area contributed by atoms with Crippen LogP contribution in [0.2, 0.25) is 0 Å². The van der Waals surface area contributed by atoms with Gasteiger partial charge in [0.25, 0.3) is 5.91 Å². The molecule has 0 aliphatic carbocycles. The first-order valence-corrected chi connectivity index (χ1v) is 4.90. The third-order valence-electron chi connectivity index (χ3n) is 2.12. The minimum Gasteiger partial charge on any atom is -0.468 e. The van der Waals surface area contributed by atoms with Crippen LogP contribution in [0.5, 0.6) is 0 Å². The fourth-order valence-corrected chi connectivity index (χ4v) is 1.26. The molecule has 0 spiro atoms. The van der Waals surface area contributed by atoms with E-state index in [1.807, 2.05) is 6.92 Å². The van der Waals surface area contributed by atoms with Crippen LogP contribution in [0.25, 0.3) is 0 Å². The number of ether oxygens (including phenoxy) is 1. The number of amides is 1. The van der Waals surface area contributed by atoms with Crippen molar-refractivity contribution in [3.8, 4) is 0 Å². The number of aromatic nitrogens is 1. The first kappa shape index (κ1) is 12.2. The van der Waals surface area contributed by atoms with Gasteiger partial charge in [0.2, 0.25) is 0 Å². The van der Waals surface area contributed by atoms with Gasteiger partial charge in [-0.25, -0.2) is 0 Å². The van der Waals surface area contributed by atoms with Crippen LogP contribution in [0.3, 0.4) is 0 Å². The average molecular weight is 226 g/mol. The van der Waals surface area contributed by atoms with Crippen LogP contribution in [0.1, 0.15) is 28.7 Å². The molecule has 0 unspecified atom stereocenters. The molecule has 0 fully saturated rings. The van der Waals surface area contributed by atoms with Crippen LogP contribution in [0, 0.1) is 6.92 Å². The van der Waals surface area contributed by atoms with E-state index >= 15 is 0 Å². The quantitative estimate of drug-likeness (QED) is 0.754. The maximum atomic E-state index is 11.7. The zero-order valence-corrected chi connectivity index (χ0v) is 9.49. The second-order valence-corrected chi connectivity index (χ2v) is 3.17. The van der Waals surface area contributed by atoms with Crippen LogP contribution in [-0.4, -0.2) is 30.7 Å². The Morgan fingerprint density at radius 1 is 1.50 bits per heavy atom. The van der Waals surface area contributed by atoms with E-state index < -0.39 is 5.97 Å². The molecule has 0 radical (unpaired) electrons. The highest BCUT2D eigenvalue weighted by molar-refractivity contribution is 5.97. The molecule has 0 aliphatic heterocycles. The van der Waals surface area contributed by atoms with E-state index in [1.165, 1.54) is 7.11 Å². The Kier molecular flexibility index (Phi) is 4.04. The van der Waals surface area contributed by atoms with Gasteiger partial charge in [-0.15, -0.1) is 0 Å². The first-order valence-electron chi connectivity index (χ1n) is 4.90. The van der Waals surface area contributed by atoms with Gasteiger partial charge in [0, 0.05) is 0 Å². The number of rotatable bonds is 4. The number of hydrogen-bond donors (Lipinski definition) is 1. The summed E-state index contributed by atoms with van der Waals surface area (Å²) in [6, 6.07) is 0. The Bertz CT molecular complexity index is 398. The lowest BCUT2D eigenvalue weighted by molar-refractivity contribution is -0.139. The highest BCUT2D eigenvalue weighted by atomic mass is 16.5. The van der Waals surface area contributed by atoms with Crippen LogP contribution in [0.15, 0.2) is 4.52 Å². The van der Waals surface area contributed by atoms with Gasteiger partial charge in [0.05, 0.1) is 12.8 Å². The number of carbonyl (C=O) groups excluding carboxylic acids is 2. The zero-order valence-electron chi connectivity index (χ0n) is 9.49. The van der Waals surface area contributed by atoms with E-state index in [4.69, 9.17) is 4.52 Å². The number of methoxy groups -OCH3 is 1. The van der Waals surface area contributed by atoms with E-state index in [9.17, 15) is 9.59 Å². The minimum atomic E-state index is -0.500. The molecule has 16 heavy (non-hydrogen) atoms. The van der Waals surface area contributed by atoms with Gasteiger partial charge < -0.3 is 14.6 Å². The lowest BCUT2D eigenvalue weighted by Gasteiger charge is -2.03. The predicted octanol–water partition coefficient (Wildman–Crippen LogP) is 0.448. The fourth-order valence-electron chi connectivity index (χ4n) is 1.26. The van der Waals surface area contributed by atoms with Gasteiger partial charge in [0.1, 0.15) is 17.9 Å². The third-order valence-corrected chi connectivity index (χ3v) is 2.12. The second kappa shape index (κ2) is 5.29. The molecule has 1 rings (SSSR count). The summed E-state index contributed by atoms with van der Waals surface area (Å²) in [4.78, 5) is 22.6. The molecular formula is C10H14N2O4. The van der Waals surface area contributed by atoms with E-state index in [0.29, 0.717) is 23.4 Å². The number of carbonyl (C=O) groups is 2. The molecule has 1 N–H and O–H groups in total. The summed E-state index contributed by atoms with van der Waals surface area (Å²) in [5.74, 6) is -0.430. The van der Waals surface area contributed by atoms with E-state index in [0.717, 1.165) is 0 Å². The predicted molar refractivity (Wildman–Crippen MR) is 55.0 cm³/mol. The molecule has 88 valence electrons. The lowest BCUT2D eigenvalue weighted by atomic mass is 10.1. The topological polar surface area (TPSA) is 81.4 Å². The SMILES string of the molecule is CCc1noc(C)c1C(=O)NCC(=O)OC. The summed E-state index contributed by atoms with van der Waals surface area (Å²) < 4.78 is 9.33. The molecule has 0 atom stereocenters. The monoisotopic (exact) mass is 226 g/mol. The van der Waals surface area contributed by atoms with Crippen LogP contribution in [0.4, 0.5) is 0 Å². The number of nitrogens with zero attached hydrogens (tertiary/aromatic N) is 1. The van der Waals surface area contributed by atoms with Gasteiger partial charge in [-0.05, 0) is 13.3 Å². The van der Waals surface area contributed by atoms with Crippen molar-refractivity contribution < 1.29 is 18.8 Å². The first-order chi connectivity index (χ1) is 7.60. The summed E-state index contributed by atoms with van der Waals surface area (Å²) in [5.41, 5.74) is 0.978. The van der Waals surface area contributed by atoms with Gasteiger partial charge in [0.15, 0.2) is 0 Å². The van der Waals surface area contributed by atoms with E-state index in [1.54, 1.807) is 6.92 Å². The molecule has 0 saturated carbocycles. The Labute approximate surface area is 92.9 Å². The summed E-state index contributed by atoms with van der Waals surface area (Å²) in [7, 11) is 1.26. The molecule has 0 bridgehead atoms. The normalized spacial score (nSPS) is 9.94. The average Bonchev–Trinajstić information content (AvgIpc) is 2.66. The van der Waals surface area contributed by atoms with Crippen LogP contribution < -0.4 is 5.32 Å². The van der Waals surface area contributed by atoms with Crippen molar-refractivity contribution in [2.24, 2.45) is 0 Å². The van der Waals surface area contributed by atoms with E-state index in [-0.39, 0.29) is 12.5 Å². The maximum Gasteiger partial charge on any atom is 0.325 e. The van der Waals surface area contributed by atoms with Gasteiger partial charge in [-0.1, -0.05) is 12.1 Å². The summed E-state index contributed by atoms with van der Waals surface area (Å²) in [5, 5.41) is 6.19. The lowest BCUT2D eigenvalue weighted by Crippen LogP contribution is -2.30. The zero-order chi connectivity index (χ0) is 12.1. The van der Waals surface area contributed by atoms with Crippen molar-refractivity contribution in [3.05, 3.63) is 17.0 Å². The Morgan fingerprint density at radius 2 is 2.19 bits per heavy atom. The van der Waals surface area contributed by atoms with E-state index in [2.05, 4.69) is 15.2 Å². The minimum absolute atomic E-state index is 0.164. The molecule has 6 heteroatoms. The van der Waals surface area contributed by atoms with Crippen molar-refractivity contribution in [2.45, 2.75) is 20.3 Å². The van der Waals surface area contributed by atoms with Crippen LogP contribution in [-0.2, 0) is 16.0 Å². The molecule has 0 saturated heterocycles. The molecule has 6 nitrogen and oxygen atoms in total. The molecule has 1 aromatic rings. The Morgan fingerprint density at radius 3 is 2.75 bits per heavy atom. The largest absolute Gasteiger partial charge is 0.468 e. The standard InChI is InChI=1S/C10H14N2O4/c1-4-7-9(6(2)16-12-7)10(14)11-5-8(13)15-3/h4-5H2,1-3H3,(H,11,14). The molecule has 1 amide bonds. The van der Waals surface area contributed by atoms with Gasteiger partial charge >= 0.3 is 5.97 Å². The van der Waals surface area contributed by atoms with Crippen molar-refractivity contribution in [1.82, 2.24) is 10.5 Å². The van der Waals surface area contributed by atoms with Gasteiger partial charge in [-0.3, -0.25) is 9.59 Å². The van der Waals surface area contributed by atoms with Crippen molar-refractivity contribution in [3.63, 3.8) is 0 Å². The van der Waals surface area contributed by atoms with Gasteiger partial charge in [-0.2, -0.15) is 0 Å². The van der Waals surface area contributed by atoms with Crippen LogP contribution >= 0.6 is 0 Å². The highest BCUT2D eigenvalue weighted by Gasteiger charge is 2.19. The van der Waals surface area contributed by atoms with Crippen molar-refractivity contribution in [2.75, 3.05) is 13.7 Å². The molecule has 0 aromatic carbocycles. The molecular weight excluding hydrogens is 212 g/mol. The Balaban J connectivity index is 2.72. The number of nitrogens with one attached hydrogen (secondary N) is 1. The Hall–Kier alpha value is -1.85. The number of esters is 1. The van der Waals surface area contributed by atoms with Crippen molar-refractivity contribution >= 4 is 11.9 Å². The highest BCUT2D eigenvalue weighted by Crippen LogP contribution is 2.13. The molecule has 0 aliphatic rings. The fraction of sp³-hybridized carbons (Fsp3) is 0.500. The summed E-state index contributed by atoms with van der Waals surface area (Å²) >= 11 is 0.